The molecule has 0 aliphatic heterocycles. The Morgan fingerprint density at radius 1 is 0.273 bits per heavy atom. The molecule has 0 saturated heterocycles. The van der Waals surface area contributed by atoms with Crippen LogP contribution in [0, 0.1) is 0 Å². The molecule has 0 bridgehead atoms. The monoisotopic (exact) mass is 614 g/mol. The van der Waals surface area contributed by atoms with Crippen molar-refractivity contribution in [2.24, 2.45) is 0 Å². The second-order valence-electron chi connectivity index (χ2n) is 13.0. The van der Waals surface area contributed by atoms with Gasteiger partial charge in [-0.2, -0.15) is 0 Å². The van der Waals surface area contributed by atoms with Gasteiger partial charge in [0, 0.05) is 0 Å². The van der Waals surface area contributed by atoms with Crippen LogP contribution in [0.4, 0.5) is 0 Å². The van der Waals surface area contributed by atoms with Crippen LogP contribution < -0.4 is 31.8 Å². The highest BCUT2D eigenvalue weighted by atomic mass is 31.1. The van der Waals surface area contributed by atoms with Crippen molar-refractivity contribution in [1.29, 1.82) is 0 Å². The maximum atomic E-state index is 2.46. The van der Waals surface area contributed by atoms with E-state index < -0.39 is 15.8 Å². The molecule has 0 spiro atoms. The zero-order chi connectivity index (χ0) is 31.4. The molecule has 5 aromatic carbocycles. The van der Waals surface area contributed by atoms with Crippen LogP contribution in [0.2, 0.25) is 0 Å². The number of hydrogen-bond donors (Lipinski definition) is 0. The molecule has 5 aromatic rings. The van der Waals surface area contributed by atoms with Crippen molar-refractivity contribution >= 4 is 47.7 Å². The van der Waals surface area contributed by atoms with Crippen molar-refractivity contribution < 1.29 is 0 Å². The van der Waals surface area contributed by atoms with Gasteiger partial charge < -0.3 is 0 Å². The van der Waals surface area contributed by atoms with E-state index in [0.717, 1.165) is 0 Å². The average molecular weight is 615 g/mol. The lowest BCUT2D eigenvalue weighted by Crippen LogP contribution is -2.37. The summed E-state index contributed by atoms with van der Waals surface area (Å²) in [6.07, 6.45) is 0. The molecule has 0 saturated carbocycles. The van der Waals surface area contributed by atoms with Gasteiger partial charge in [-0.15, -0.1) is 0 Å². The summed E-state index contributed by atoms with van der Waals surface area (Å²) in [4.78, 5) is 0. The van der Waals surface area contributed by atoms with Crippen molar-refractivity contribution in [2.45, 2.75) is 79.1 Å². The van der Waals surface area contributed by atoms with Crippen LogP contribution in [0.5, 0.6) is 0 Å². The Kier molecular flexibility index (Phi) is 10.6. The molecular formula is C42H48P2. The third-order valence-corrected chi connectivity index (χ3v) is 14.0. The normalized spacial score (nSPS) is 12.0. The lowest BCUT2D eigenvalue weighted by Gasteiger charge is -2.32. The zero-order valence-corrected chi connectivity index (χ0v) is 29.5. The first-order valence-electron chi connectivity index (χ1n) is 16.3. The van der Waals surface area contributed by atoms with Crippen LogP contribution in [0.15, 0.2) is 121 Å². The minimum absolute atomic E-state index is 0.444. The molecule has 226 valence electrons. The summed E-state index contributed by atoms with van der Waals surface area (Å²) in [7, 11) is -1.64. The number of benzene rings is 5. The van der Waals surface area contributed by atoms with Gasteiger partial charge in [0.25, 0.3) is 0 Å². The quantitative estimate of drug-likeness (QED) is 0.137. The first-order valence-corrected chi connectivity index (χ1v) is 18.9. The van der Waals surface area contributed by atoms with E-state index in [2.05, 4.69) is 177 Å². The highest BCUT2D eigenvalue weighted by molar-refractivity contribution is 7.85. The lowest BCUT2D eigenvalue weighted by molar-refractivity contribution is 0.871. The molecule has 0 atom stereocenters. The molecular weight excluding hydrogens is 566 g/mol. The molecule has 0 heterocycles. The maximum Gasteiger partial charge on any atom is -0.00673 e. The summed E-state index contributed by atoms with van der Waals surface area (Å²) in [5, 5.41) is 8.94. The first-order chi connectivity index (χ1) is 21.2. The predicted molar refractivity (Wildman–Crippen MR) is 200 cm³/mol. The molecule has 0 aliphatic rings. The Morgan fingerprint density at radius 2 is 0.455 bits per heavy atom. The molecule has 0 radical (unpaired) electrons. The van der Waals surface area contributed by atoms with Gasteiger partial charge in [0.15, 0.2) is 0 Å². The van der Waals surface area contributed by atoms with Crippen molar-refractivity contribution in [3.63, 3.8) is 0 Å². The summed E-state index contributed by atoms with van der Waals surface area (Å²) in [6.45, 7) is 18.8. The van der Waals surface area contributed by atoms with Crippen LogP contribution >= 0.6 is 15.8 Å². The summed E-state index contributed by atoms with van der Waals surface area (Å²) >= 11 is 0. The van der Waals surface area contributed by atoms with Gasteiger partial charge >= 0.3 is 0 Å². The second kappa shape index (κ2) is 14.4. The van der Waals surface area contributed by atoms with Gasteiger partial charge in [0.2, 0.25) is 0 Å². The van der Waals surface area contributed by atoms with Crippen molar-refractivity contribution in [2.75, 3.05) is 0 Å². The average Bonchev–Trinajstić information content (AvgIpc) is 3.02. The van der Waals surface area contributed by atoms with E-state index in [1.54, 1.807) is 0 Å². The highest BCUT2D eigenvalue weighted by Gasteiger charge is 2.31. The summed E-state index contributed by atoms with van der Waals surface area (Å²) < 4.78 is 0. The van der Waals surface area contributed by atoms with Gasteiger partial charge in [0.05, 0.1) is 0 Å². The molecule has 5 rings (SSSR count). The summed E-state index contributed by atoms with van der Waals surface area (Å²) in [6, 6.07) is 46.5. The van der Waals surface area contributed by atoms with Crippen LogP contribution in [0.1, 0.15) is 101 Å². The van der Waals surface area contributed by atoms with E-state index in [1.165, 1.54) is 54.1 Å². The minimum Gasteiger partial charge on any atom is -0.0619 e. The molecule has 0 unspecified atom stereocenters. The molecule has 44 heavy (non-hydrogen) atoms. The Morgan fingerprint density at radius 3 is 0.659 bits per heavy atom. The smallest absolute Gasteiger partial charge is 0.00673 e. The molecule has 2 heteroatoms. The first kappa shape index (κ1) is 32.4. The fourth-order valence-corrected chi connectivity index (χ4v) is 12.9. The van der Waals surface area contributed by atoms with Gasteiger partial charge in [0.1, 0.15) is 0 Å². The minimum atomic E-state index is -0.820. The molecule has 0 fully saturated rings. The fraction of sp³-hybridized carbons (Fsp3) is 0.286. The van der Waals surface area contributed by atoms with Crippen LogP contribution in [-0.2, 0) is 0 Å². The largest absolute Gasteiger partial charge is 0.0619 e. The van der Waals surface area contributed by atoms with Crippen molar-refractivity contribution in [3.05, 3.63) is 144 Å². The Labute approximate surface area is 269 Å². The lowest BCUT2D eigenvalue weighted by atomic mass is 10.0. The SMILES string of the molecule is CC(C)c1ccccc1P(c1ccccc1C(C)C)c1ccccc1P(c1ccccc1C(C)C)c1ccccc1C(C)C. The molecule has 0 N–H and O–H groups in total. The van der Waals surface area contributed by atoms with E-state index in [1.807, 2.05) is 0 Å². The third kappa shape index (κ3) is 6.64. The molecule has 0 aliphatic carbocycles. The molecule has 0 nitrogen and oxygen atoms in total. The Hall–Kier alpha value is -3.04. The topological polar surface area (TPSA) is 0 Å². The standard InChI is InChI=1S/C42H48P2/c1-29(2)33-19-9-13-23-37(33)43(38-24-14-10-20-34(38)30(3)4)41-27-17-18-28-42(41)44(39-25-15-11-21-35(39)31(5)6)40-26-16-12-22-36(40)32(7)8/h9-32H,1-8H3. The number of rotatable bonds is 10. The third-order valence-electron chi connectivity index (χ3n) is 8.56. The van der Waals surface area contributed by atoms with E-state index >= 15 is 0 Å². The van der Waals surface area contributed by atoms with Crippen LogP contribution in [0.25, 0.3) is 0 Å². The van der Waals surface area contributed by atoms with Gasteiger partial charge in [-0.05, 0) is 93.6 Å². The molecule has 0 amide bonds. The number of hydrogen-bond acceptors (Lipinski definition) is 0. The van der Waals surface area contributed by atoms with Crippen LogP contribution in [-0.4, -0.2) is 0 Å². The van der Waals surface area contributed by atoms with E-state index in [-0.39, 0.29) is 0 Å². The predicted octanol–water partition coefficient (Wildman–Crippen LogP) is 9.70. The van der Waals surface area contributed by atoms with Crippen molar-refractivity contribution in [3.8, 4) is 0 Å². The summed E-state index contributed by atoms with van der Waals surface area (Å²) in [5.74, 6) is 1.78. The van der Waals surface area contributed by atoms with Crippen LogP contribution in [0.3, 0.4) is 0 Å². The fourth-order valence-electron chi connectivity index (χ4n) is 6.34. The van der Waals surface area contributed by atoms with Gasteiger partial charge in [-0.3, -0.25) is 0 Å². The van der Waals surface area contributed by atoms with E-state index in [4.69, 9.17) is 0 Å². The molecule has 0 aromatic heterocycles. The zero-order valence-electron chi connectivity index (χ0n) is 27.8. The van der Waals surface area contributed by atoms with Gasteiger partial charge in [-0.1, -0.05) is 177 Å². The Balaban J connectivity index is 1.90. The van der Waals surface area contributed by atoms with Crippen molar-refractivity contribution in [1.82, 2.24) is 0 Å². The van der Waals surface area contributed by atoms with E-state index in [0.29, 0.717) is 23.7 Å². The second-order valence-corrected chi connectivity index (χ2v) is 17.2. The maximum absolute atomic E-state index is 2.46. The highest BCUT2D eigenvalue weighted by Crippen LogP contribution is 2.44. The van der Waals surface area contributed by atoms with E-state index in [9.17, 15) is 0 Å². The summed E-state index contributed by atoms with van der Waals surface area (Å²) in [5.41, 5.74) is 5.84. The van der Waals surface area contributed by atoms with Gasteiger partial charge in [-0.25, -0.2) is 0 Å². The Bertz CT molecular complexity index is 1470.